The number of carbonyl (C=O) groups excluding carboxylic acids is 2. The number of nitrogens with zero attached hydrogens (tertiary/aromatic N) is 3. The smallest absolute Gasteiger partial charge is 0.409 e. The highest BCUT2D eigenvalue weighted by molar-refractivity contribution is 5.75. The third kappa shape index (κ3) is 3.42. The second kappa shape index (κ2) is 7.34. The third-order valence-electron chi connectivity index (χ3n) is 7.16. The molecule has 3 amide bonds. The molecule has 1 N–H and O–H groups in total. The van der Waals surface area contributed by atoms with E-state index >= 15 is 0 Å². The van der Waals surface area contributed by atoms with Crippen molar-refractivity contribution in [2.75, 3.05) is 46.9 Å². The summed E-state index contributed by atoms with van der Waals surface area (Å²) in [5.41, 5.74) is 1.77. The first-order valence-corrected chi connectivity index (χ1v) is 10.3. The molecule has 1 spiro atoms. The quantitative estimate of drug-likeness (QED) is 0.749. The summed E-state index contributed by atoms with van der Waals surface area (Å²) in [7, 11) is 3.18. The lowest BCUT2D eigenvalue weighted by molar-refractivity contribution is 0.0104. The summed E-state index contributed by atoms with van der Waals surface area (Å²) in [6.07, 6.45) is 8.94. The number of hydrogen-bond donors (Lipinski definition) is 1. The van der Waals surface area contributed by atoms with Gasteiger partial charge in [0.05, 0.1) is 13.2 Å². The first kappa shape index (κ1) is 18.6. The van der Waals surface area contributed by atoms with E-state index in [0.29, 0.717) is 17.5 Å². The maximum absolute atomic E-state index is 12.1. The fraction of sp³-hybridized carbons (Fsp3) is 0.800. The van der Waals surface area contributed by atoms with Gasteiger partial charge in [-0.3, -0.25) is 4.90 Å². The Hall–Kier alpha value is -1.76. The zero-order valence-electron chi connectivity index (χ0n) is 16.6. The highest BCUT2D eigenvalue weighted by atomic mass is 16.5. The zero-order chi connectivity index (χ0) is 19.0. The van der Waals surface area contributed by atoms with Crippen molar-refractivity contribution in [2.24, 2.45) is 5.41 Å². The van der Waals surface area contributed by atoms with Crippen LogP contribution in [0.5, 0.6) is 0 Å². The van der Waals surface area contributed by atoms with E-state index in [9.17, 15) is 9.59 Å². The predicted molar refractivity (Wildman–Crippen MR) is 103 cm³/mol. The van der Waals surface area contributed by atoms with Crippen LogP contribution in [0.1, 0.15) is 38.5 Å². The Morgan fingerprint density at radius 1 is 1.26 bits per heavy atom. The number of ether oxygens (including phenoxy) is 1. The van der Waals surface area contributed by atoms with Gasteiger partial charge in [-0.1, -0.05) is 6.08 Å². The number of hydrogen-bond acceptors (Lipinski definition) is 4. The molecule has 0 bridgehead atoms. The molecule has 4 aliphatic rings. The SMILES string of the molecule is CNC(=O)N1CCC[C@H]1C1=CCN(C2CC3(CCN(C(=O)OC)C3)C2)CC1. The predicted octanol–water partition coefficient (Wildman–Crippen LogP) is 2.04. The second-order valence-electron chi connectivity index (χ2n) is 8.63. The molecule has 0 radical (unpaired) electrons. The normalized spacial score (nSPS) is 33.8. The standard InChI is InChI=1S/C20H32N4O3/c1-21-18(25)24-8-3-4-17(24)15-5-9-22(10-6-15)16-12-20(13-16)7-11-23(14-20)19(26)27-2/h5,16-17H,3-4,6-14H2,1-2H3,(H,21,25)/t16?,17-,20?/m0/s1. The van der Waals surface area contributed by atoms with Crippen molar-refractivity contribution < 1.29 is 14.3 Å². The highest BCUT2D eigenvalue weighted by Gasteiger charge is 2.51. The van der Waals surface area contributed by atoms with Crippen molar-refractivity contribution in [3.05, 3.63) is 11.6 Å². The minimum atomic E-state index is -0.182. The lowest BCUT2D eigenvalue weighted by atomic mass is 9.64. The topological polar surface area (TPSA) is 65.1 Å². The molecule has 1 atom stereocenters. The second-order valence-corrected chi connectivity index (χ2v) is 8.63. The molecule has 0 unspecified atom stereocenters. The van der Waals surface area contributed by atoms with Crippen LogP contribution in [0.25, 0.3) is 0 Å². The van der Waals surface area contributed by atoms with E-state index in [0.717, 1.165) is 58.4 Å². The molecular weight excluding hydrogens is 344 g/mol. The van der Waals surface area contributed by atoms with Crippen molar-refractivity contribution in [2.45, 2.75) is 50.6 Å². The van der Waals surface area contributed by atoms with Gasteiger partial charge in [-0.2, -0.15) is 0 Å². The molecule has 1 saturated carbocycles. The number of nitrogens with one attached hydrogen (secondary N) is 1. The number of urea groups is 1. The Balaban J connectivity index is 1.29. The van der Waals surface area contributed by atoms with Crippen LogP contribution in [0.15, 0.2) is 11.6 Å². The average molecular weight is 377 g/mol. The summed E-state index contributed by atoms with van der Waals surface area (Å²) >= 11 is 0. The fourth-order valence-corrected chi connectivity index (χ4v) is 5.63. The molecule has 7 heteroatoms. The molecule has 27 heavy (non-hydrogen) atoms. The lowest BCUT2D eigenvalue weighted by Crippen LogP contribution is -2.53. The number of amides is 3. The number of rotatable bonds is 2. The van der Waals surface area contributed by atoms with Crippen molar-refractivity contribution >= 4 is 12.1 Å². The largest absolute Gasteiger partial charge is 0.453 e. The van der Waals surface area contributed by atoms with Crippen LogP contribution in [-0.4, -0.2) is 85.8 Å². The Morgan fingerprint density at radius 2 is 2.07 bits per heavy atom. The van der Waals surface area contributed by atoms with Gasteiger partial charge in [-0.25, -0.2) is 9.59 Å². The summed E-state index contributed by atoms with van der Waals surface area (Å²) in [5.74, 6) is 0. The van der Waals surface area contributed by atoms with Gasteiger partial charge in [0.15, 0.2) is 0 Å². The van der Waals surface area contributed by atoms with Crippen LogP contribution in [-0.2, 0) is 4.74 Å². The molecule has 3 fully saturated rings. The van der Waals surface area contributed by atoms with E-state index < -0.39 is 0 Å². The Kier molecular flexibility index (Phi) is 5.05. The van der Waals surface area contributed by atoms with Crippen molar-refractivity contribution in [1.82, 2.24) is 20.0 Å². The molecule has 2 saturated heterocycles. The van der Waals surface area contributed by atoms with Crippen LogP contribution < -0.4 is 5.32 Å². The monoisotopic (exact) mass is 376 g/mol. The van der Waals surface area contributed by atoms with Gasteiger partial charge < -0.3 is 19.9 Å². The third-order valence-corrected chi connectivity index (χ3v) is 7.16. The number of methoxy groups -OCH3 is 1. The minimum Gasteiger partial charge on any atom is -0.453 e. The summed E-state index contributed by atoms with van der Waals surface area (Å²) in [6, 6.07) is 0.987. The molecule has 4 rings (SSSR count). The van der Waals surface area contributed by atoms with E-state index in [1.807, 2.05) is 9.80 Å². The Labute approximate surface area is 161 Å². The van der Waals surface area contributed by atoms with Crippen LogP contribution in [0, 0.1) is 5.41 Å². The molecular formula is C20H32N4O3. The van der Waals surface area contributed by atoms with Crippen LogP contribution in [0.4, 0.5) is 9.59 Å². The maximum atomic E-state index is 12.1. The number of likely N-dealkylation sites (tertiary alicyclic amines) is 2. The molecule has 1 aliphatic carbocycles. The average Bonchev–Trinajstić information content (AvgIpc) is 3.33. The van der Waals surface area contributed by atoms with Crippen LogP contribution in [0.3, 0.4) is 0 Å². The van der Waals surface area contributed by atoms with E-state index in [-0.39, 0.29) is 12.1 Å². The Morgan fingerprint density at radius 3 is 2.74 bits per heavy atom. The molecule has 3 heterocycles. The van der Waals surface area contributed by atoms with E-state index in [4.69, 9.17) is 4.74 Å². The van der Waals surface area contributed by atoms with E-state index in [2.05, 4.69) is 16.3 Å². The van der Waals surface area contributed by atoms with Gasteiger partial charge in [-0.05, 0) is 49.5 Å². The molecule has 0 aromatic rings. The van der Waals surface area contributed by atoms with Gasteiger partial charge in [-0.15, -0.1) is 0 Å². The van der Waals surface area contributed by atoms with Crippen molar-refractivity contribution in [3.63, 3.8) is 0 Å². The first-order valence-electron chi connectivity index (χ1n) is 10.3. The molecule has 0 aromatic heterocycles. The fourth-order valence-electron chi connectivity index (χ4n) is 5.63. The minimum absolute atomic E-state index is 0.0538. The van der Waals surface area contributed by atoms with Gasteiger partial charge in [0.1, 0.15) is 0 Å². The molecule has 7 nitrogen and oxygen atoms in total. The van der Waals surface area contributed by atoms with Crippen LogP contribution >= 0.6 is 0 Å². The van der Waals surface area contributed by atoms with Gasteiger partial charge in [0.25, 0.3) is 0 Å². The first-order chi connectivity index (χ1) is 13.0. The summed E-state index contributed by atoms with van der Waals surface area (Å²) in [4.78, 5) is 30.3. The highest BCUT2D eigenvalue weighted by Crippen LogP contribution is 2.50. The molecule has 3 aliphatic heterocycles. The lowest BCUT2D eigenvalue weighted by Gasteiger charge is -2.51. The van der Waals surface area contributed by atoms with Crippen molar-refractivity contribution in [3.8, 4) is 0 Å². The zero-order valence-corrected chi connectivity index (χ0v) is 16.6. The number of carbonyl (C=O) groups is 2. The van der Waals surface area contributed by atoms with Crippen LogP contribution in [0.2, 0.25) is 0 Å². The summed E-state index contributed by atoms with van der Waals surface area (Å²) < 4.78 is 4.87. The Bertz CT molecular complexity index is 629. The van der Waals surface area contributed by atoms with Gasteiger partial charge in [0.2, 0.25) is 0 Å². The van der Waals surface area contributed by atoms with Gasteiger partial charge in [0, 0.05) is 45.8 Å². The molecule has 150 valence electrons. The summed E-state index contributed by atoms with van der Waals surface area (Å²) in [6.45, 7) is 4.64. The maximum Gasteiger partial charge on any atom is 0.409 e. The van der Waals surface area contributed by atoms with E-state index in [1.165, 1.54) is 25.5 Å². The van der Waals surface area contributed by atoms with E-state index in [1.54, 1.807) is 7.05 Å². The van der Waals surface area contributed by atoms with Crippen molar-refractivity contribution in [1.29, 1.82) is 0 Å². The molecule has 0 aromatic carbocycles. The summed E-state index contributed by atoms with van der Waals surface area (Å²) in [5, 5.41) is 2.78. The van der Waals surface area contributed by atoms with Gasteiger partial charge >= 0.3 is 12.1 Å².